The minimum Gasteiger partial charge on any atom is -0.465 e. The summed E-state index contributed by atoms with van der Waals surface area (Å²) in [7, 11) is 0. The van der Waals surface area contributed by atoms with Crippen molar-refractivity contribution < 1.29 is 14.3 Å². The van der Waals surface area contributed by atoms with Crippen molar-refractivity contribution >= 4 is 5.97 Å². The van der Waals surface area contributed by atoms with Crippen LogP contribution in [0.5, 0.6) is 0 Å². The zero-order valence-electron chi connectivity index (χ0n) is 8.35. The molecule has 0 aliphatic heterocycles. The van der Waals surface area contributed by atoms with E-state index in [-0.39, 0.29) is 11.4 Å². The Hall–Kier alpha value is -0.570. The molecule has 0 aromatic carbocycles. The molecule has 0 aromatic rings. The molecule has 0 atom stereocenters. The zero-order valence-corrected chi connectivity index (χ0v) is 8.35. The van der Waals surface area contributed by atoms with Gasteiger partial charge in [0.15, 0.2) is 0 Å². The normalized spacial score (nSPS) is 11.3. The standard InChI is InChI=1S/C9H18O3/c1-5-11-6-9(3,4)7-12-8(2)10/h5-7H2,1-4H3. The third kappa shape index (κ3) is 6.16. The molecule has 0 unspecified atom stereocenters. The number of carbonyl (C=O) groups excluding carboxylic acids is 1. The molecule has 0 amide bonds. The van der Waals surface area contributed by atoms with Crippen molar-refractivity contribution in [3.63, 3.8) is 0 Å². The molecule has 0 radical (unpaired) electrons. The molecule has 0 aliphatic carbocycles. The van der Waals surface area contributed by atoms with Crippen LogP contribution in [0.1, 0.15) is 27.7 Å². The second-order valence-electron chi connectivity index (χ2n) is 3.58. The summed E-state index contributed by atoms with van der Waals surface area (Å²) >= 11 is 0. The highest BCUT2D eigenvalue weighted by Gasteiger charge is 2.19. The molecule has 0 heterocycles. The fraction of sp³-hybridized carbons (Fsp3) is 0.889. The summed E-state index contributed by atoms with van der Waals surface area (Å²) in [5.41, 5.74) is -0.0817. The summed E-state index contributed by atoms with van der Waals surface area (Å²) in [5.74, 6) is -0.237. The molecule has 0 aliphatic rings. The number of rotatable bonds is 5. The topological polar surface area (TPSA) is 35.5 Å². The monoisotopic (exact) mass is 174 g/mol. The van der Waals surface area contributed by atoms with Gasteiger partial charge in [-0.25, -0.2) is 0 Å². The first-order valence-electron chi connectivity index (χ1n) is 4.19. The Kier molecular flexibility index (Phi) is 4.90. The van der Waals surface area contributed by atoms with Crippen LogP contribution in [0.3, 0.4) is 0 Å². The summed E-state index contributed by atoms with van der Waals surface area (Å²) in [5, 5.41) is 0. The predicted molar refractivity (Wildman–Crippen MR) is 46.9 cm³/mol. The molecule has 3 heteroatoms. The smallest absolute Gasteiger partial charge is 0.302 e. The van der Waals surface area contributed by atoms with Crippen LogP contribution in [0.4, 0.5) is 0 Å². The molecule has 0 N–H and O–H groups in total. The van der Waals surface area contributed by atoms with Crippen LogP contribution < -0.4 is 0 Å². The van der Waals surface area contributed by atoms with Crippen LogP contribution in [0, 0.1) is 5.41 Å². The third-order valence-electron chi connectivity index (χ3n) is 1.36. The van der Waals surface area contributed by atoms with E-state index in [1.54, 1.807) is 0 Å². The lowest BCUT2D eigenvalue weighted by Crippen LogP contribution is -2.26. The quantitative estimate of drug-likeness (QED) is 0.594. The first-order chi connectivity index (χ1) is 5.48. The first-order valence-corrected chi connectivity index (χ1v) is 4.19. The van der Waals surface area contributed by atoms with Gasteiger partial charge in [0.1, 0.15) is 0 Å². The second-order valence-corrected chi connectivity index (χ2v) is 3.58. The highest BCUT2D eigenvalue weighted by Crippen LogP contribution is 2.15. The number of hydrogen-bond acceptors (Lipinski definition) is 3. The molecule has 0 rings (SSSR count). The van der Waals surface area contributed by atoms with Crippen molar-refractivity contribution in [3.05, 3.63) is 0 Å². The van der Waals surface area contributed by atoms with E-state index >= 15 is 0 Å². The lowest BCUT2D eigenvalue weighted by Gasteiger charge is -2.23. The first kappa shape index (κ1) is 11.4. The van der Waals surface area contributed by atoms with Crippen LogP contribution in [-0.4, -0.2) is 25.8 Å². The lowest BCUT2D eigenvalue weighted by atomic mass is 9.96. The molecular weight excluding hydrogens is 156 g/mol. The van der Waals surface area contributed by atoms with Crippen molar-refractivity contribution in [1.82, 2.24) is 0 Å². The fourth-order valence-electron chi connectivity index (χ4n) is 0.717. The van der Waals surface area contributed by atoms with E-state index in [1.165, 1.54) is 6.92 Å². The Morgan fingerprint density at radius 3 is 2.33 bits per heavy atom. The van der Waals surface area contributed by atoms with Gasteiger partial charge in [0.25, 0.3) is 0 Å². The summed E-state index contributed by atoms with van der Waals surface area (Å²) < 4.78 is 10.1. The van der Waals surface area contributed by atoms with Crippen molar-refractivity contribution in [3.8, 4) is 0 Å². The SMILES string of the molecule is CCOCC(C)(C)COC(C)=O. The Labute approximate surface area is 74.0 Å². The third-order valence-corrected chi connectivity index (χ3v) is 1.36. The van der Waals surface area contributed by atoms with E-state index in [0.717, 1.165) is 0 Å². The maximum Gasteiger partial charge on any atom is 0.302 e. The van der Waals surface area contributed by atoms with Gasteiger partial charge in [-0.05, 0) is 6.92 Å². The number of esters is 1. The highest BCUT2D eigenvalue weighted by molar-refractivity contribution is 5.65. The van der Waals surface area contributed by atoms with Crippen LogP contribution in [0.25, 0.3) is 0 Å². The van der Waals surface area contributed by atoms with E-state index in [2.05, 4.69) is 0 Å². The summed E-state index contributed by atoms with van der Waals surface area (Å²) in [6.45, 7) is 9.11. The number of ether oxygens (including phenoxy) is 2. The van der Waals surface area contributed by atoms with Gasteiger partial charge in [-0.3, -0.25) is 4.79 Å². The maximum atomic E-state index is 10.5. The van der Waals surface area contributed by atoms with E-state index in [9.17, 15) is 4.79 Å². The van der Waals surface area contributed by atoms with Gasteiger partial charge in [0, 0.05) is 18.9 Å². The van der Waals surface area contributed by atoms with Crippen LogP contribution >= 0.6 is 0 Å². The van der Waals surface area contributed by atoms with Crippen molar-refractivity contribution in [2.24, 2.45) is 5.41 Å². The van der Waals surface area contributed by atoms with Crippen molar-refractivity contribution in [1.29, 1.82) is 0 Å². The Morgan fingerprint density at radius 1 is 1.33 bits per heavy atom. The van der Waals surface area contributed by atoms with Crippen LogP contribution in [0.15, 0.2) is 0 Å². The summed E-state index contributed by atoms with van der Waals surface area (Å²) in [4.78, 5) is 10.5. The summed E-state index contributed by atoms with van der Waals surface area (Å²) in [6, 6.07) is 0. The Bertz CT molecular complexity index is 141. The Morgan fingerprint density at radius 2 is 1.92 bits per heavy atom. The van der Waals surface area contributed by atoms with E-state index in [4.69, 9.17) is 9.47 Å². The van der Waals surface area contributed by atoms with Gasteiger partial charge >= 0.3 is 5.97 Å². The van der Waals surface area contributed by atoms with Crippen molar-refractivity contribution in [2.45, 2.75) is 27.7 Å². The maximum absolute atomic E-state index is 10.5. The largest absolute Gasteiger partial charge is 0.465 e. The van der Waals surface area contributed by atoms with E-state index < -0.39 is 0 Å². The van der Waals surface area contributed by atoms with Gasteiger partial charge in [-0.1, -0.05) is 13.8 Å². The molecule has 72 valence electrons. The highest BCUT2D eigenvalue weighted by atomic mass is 16.5. The van der Waals surface area contributed by atoms with Gasteiger partial charge in [0.2, 0.25) is 0 Å². The molecule has 0 saturated carbocycles. The lowest BCUT2D eigenvalue weighted by molar-refractivity contribution is -0.145. The molecule has 3 nitrogen and oxygen atoms in total. The fourth-order valence-corrected chi connectivity index (χ4v) is 0.717. The molecule has 0 fully saturated rings. The van der Waals surface area contributed by atoms with Gasteiger partial charge < -0.3 is 9.47 Å². The molecule has 0 aromatic heterocycles. The molecular formula is C9H18O3. The molecule has 0 saturated heterocycles. The summed E-state index contributed by atoms with van der Waals surface area (Å²) in [6.07, 6.45) is 0. The van der Waals surface area contributed by atoms with Crippen molar-refractivity contribution in [2.75, 3.05) is 19.8 Å². The minimum atomic E-state index is -0.237. The predicted octanol–water partition coefficient (Wildman–Crippen LogP) is 1.61. The average Bonchev–Trinajstić information content (AvgIpc) is 1.98. The van der Waals surface area contributed by atoms with Gasteiger partial charge in [-0.15, -0.1) is 0 Å². The van der Waals surface area contributed by atoms with Crippen LogP contribution in [0.2, 0.25) is 0 Å². The molecule has 0 bridgehead atoms. The number of carbonyl (C=O) groups is 1. The zero-order chi connectivity index (χ0) is 9.61. The molecule has 12 heavy (non-hydrogen) atoms. The second kappa shape index (κ2) is 5.14. The number of hydrogen-bond donors (Lipinski definition) is 0. The minimum absolute atomic E-state index is 0.0817. The van der Waals surface area contributed by atoms with Crippen LogP contribution in [-0.2, 0) is 14.3 Å². The Balaban J connectivity index is 3.63. The van der Waals surface area contributed by atoms with Gasteiger partial charge in [0.05, 0.1) is 13.2 Å². The average molecular weight is 174 g/mol. The van der Waals surface area contributed by atoms with Gasteiger partial charge in [-0.2, -0.15) is 0 Å². The molecule has 0 spiro atoms. The van der Waals surface area contributed by atoms with E-state index in [0.29, 0.717) is 19.8 Å². The van der Waals surface area contributed by atoms with E-state index in [1.807, 2.05) is 20.8 Å².